The first-order valence-corrected chi connectivity index (χ1v) is 10.4. The number of imide groups is 1. The predicted octanol–water partition coefficient (Wildman–Crippen LogP) is 5.41. The van der Waals surface area contributed by atoms with Crippen molar-refractivity contribution in [3.05, 3.63) is 92.3 Å². The molecule has 3 aromatic rings. The van der Waals surface area contributed by atoms with Crippen molar-refractivity contribution in [1.29, 1.82) is 0 Å². The van der Waals surface area contributed by atoms with Crippen LogP contribution in [0.5, 0.6) is 0 Å². The van der Waals surface area contributed by atoms with Crippen molar-refractivity contribution in [2.75, 3.05) is 5.32 Å². The van der Waals surface area contributed by atoms with E-state index in [0.717, 1.165) is 27.3 Å². The lowest BCUT2D eigenvalue weighted by Crippen LogP contribution is -2.32. The lowest BCUT2D eigenvalue weighted by Gasteiger charge is -2.16. The fraction of sp³-hybridized carbons (Fsp3) is 0.130. The Labute approximate surface area is 178 Å². The zero-order chi connectivity index (χ0) is 20.5. The Kier molecular flexibility index (Phi) is 5.26. The maximum Gasteiger partial charge on any atom is 0.278 e. The molecule has 4 rings (SSSR count). The number of hydrogen-bond donors (Lipinski definition) is 1. The van der Waals surface area contributed by atoms with E-state index in [0.29, 0.717) is 16.3 Å². The second-order valence-corrected chi connectivity index (χ2v) is 8.31. The van der Waals surface area contributed by atoms with Gasteiger partial charge in [0.15, 0.2) is 0 Å². The molecule has 1 aliphatic rings. The van der Waals surface area contributed by atoms with Gasteiger partial charge >= 0.3 is 0 Å². The number of rotatable bonds is 5. The minimum Gasteiger partial charge on any atom is -0.350 e. The van der Waals surface area contributed by atoms with Gasteiger partial charge in [0.1, 0.15) is 5.70 Å². The molecule has 6 heteroatoms. The van der Waals surface area contributed by atoms with Crippen molar-refractivity contribution in [2.24, 2.45) is 0 Å². The fourth-order valence-corrected chi connectivity index (χ4v) is 4.25. The first-order valence-electron chi connectivity index (χ1n) is 9.17. The first-order chi connectivity index (χ1) is 14.0. The quantitative estimate of drug-likeness (QED) is 0.559. The molecule has 1 aromatic heterocycles. The summed E-state index contributed by atoms with van der Waals surface area (Å²) in [6.45, 7) is 4.09. The number of nitrogens with one attached hydrogen (secondary N) is 1. The summed E-state index contributed by atoms with van der Waals surface area (Å²) >= 11 is 7.70. The summed E-state index contributed by atoms with van der Waals surface area (Å²) in [6.07, 6.45) is 0. The summed E-state index contributed by atoms with van der Waals surface area (Å²) in [4.78, 5) is 28.6. The topological polar surface area (TPSA) is 49.4 Å². The van der Waals surface area contributed by atoms with Crippen LogP contribution < -0.4 is 5.32 Å². The SMILES string of the molecule is Cc1ccc(C)c(NC2=C(c3cccs3)C(=O)N(Cc3ccccc3Cl)C2=O)c1. The van der Waals surface area contributed by atoms with E-state index >= 15 is 0 Å². The third kappa shape index (κ3) is 3.71. The van der Waals surface area contributed by atoms with Gasteiger partial charge in [-0.05, 0) is 54.1 Å². The van der Waals surface area contributed by atoms with Gasteiger partial charge in [-0.2, -0.15) is 0 Å². The van der Waals surface area contributed by atoms with Crippen LogP contribution in [0.3, 0.4) is 0 Å². The highest BCUT2D eigenvalue weighted by molar-refractivity contribution is 7.11. The largest absolute Gasteiger partial charge is 0.350 e. The van der Waals surface area contributed by atoms with Crippen LogP contribution in [0, 0.1) is 13.8 Å². The number of carbonyl (C=O) groups excluding carboxylic acids is 2. The summed E-state index contributed by atoms with van der Waals surface area (Å²) in [6, 6.07) is 17.0. The van der Waals surface area contributed by atoms with Crippen LogP contribution in [-0.2, 0) is 16.1 Å². The average Bonchev–Trinajstić information content (AvgIpc) is 3.29. The molecule has 2 heterocycles. The zero-order valence-corrected chi connectivity index (χ0v) is 17.6. The van der Waals surface area contributed by atoms with Crippen molar-refractivity contribution in [3.8, 4) is 0 Å². The number of halogens is 1. The van der Waals surface area contributed by atoms with Crippen LogP contribution in [0.4, 0.5) is 5.69 Å². The highest BCUT2D eigenvalue weighted by Crippen LogP contribution is 2.34. The molecule has 0 saturated carbocycles. The molecule has 146 valence electrons. The van der Waals surface area contributed by atoms with Crippen LogP contribution in [0.25, 0.3) is 5.57 Å². The second kappa shape index (κ2) is 7.85. The number of aryl methyl sites for hydroxylation is 2. The smallest absolute Gasteiger partial charge is 0.278 e. The number of anilines is 1. The molecule has 0 fully saturated rings. The number of thiophene rings is 1. The van der Waals surface area contributed by atoms with Crippen molar-refractivity contribution in [2.45, 2.75) is 20.4 Å². The predicted molar refractivity (Wildman–Crippen MR) is 118 cm³/mol. The summed E-state index contributed by atoms with van der Waals surface area (Å²) in [5.74, 6) is -0.663. The van der Waals surface area contributed by atoms with Gasteiger partial charge in [0.25, 0.3) is 11.8 Å². The van der Waals surface area contributed by atoms with E-state index in [4.69, 9.17) is 11.6 Å². The van der Waals surface area contributed by atoms with E-state index in [2.05, 4.69) is 5.32 Å². The molecule has 2 aromatic carbocycles. The maximum absolute atomic E-state index is 13.3. The molecule has 4 nitrogen and oxygen atoms in total. The molecule has 0 spiro atoms. The van der Waals surface area contributed by atoms with Gasteiger partial charge in [-0.25, -0.2) is 0 Å². The highest BCUT2D eigenvalue weighted by atomic mass is 35.5. The molecule has 0 atom stereocenters. The Hall–Kier alpha value is -2.89. The van der Waals surface area contributed by atoms with Gasteiger partial charge in [0, 0.05) is 15.6 Å². The monoisotopic (exact) mass is 422 g/mol. The van der Waals surface area contributed by atoms with Crippen LogP contribution in [0.2, 0.25) is 5.02 Å². The Balaban J connectivity index is 1.75. The second-order valence-electron chi connectivity index (χ2n) is 6.96. The molecular formula is C23H19ClN2O2S. The standard InChI is InChI=1S/C23H19ClN2O2S/c1-14-9-10-15(2)18(12-14)25-21-20(19-8-5-11-29-19)22(27)26(23(21)28)13-16-6-3-4-7-17(16)24/h3-12,25H,13H2,1-2H3. The number of nitrogens with zero attached hydrogens (tertiary/aromatic N) is 1. The van der Waals surface area contributed by atoms with Gasteiger partial charge in [0.2, 0.25) is 0 Å². The minimum absolute atomic E-state index is 0.129. The van der Waals surface area contributed by atoms with Crippen LogP contribution in [-0.4, -0.2) is 16.7 Å². The lowest BCUT2D eigenvalue weighted by atomic mass is 10.1. The summed E-state index contributed by atoms with van der Waals surface area (Å²) < 4.78 is 0. The summed E-state index contributed by atoms with van der Waals surface area (Å²) in [5, 5.41) is 5.66. The number of hydrogen-bond acceptors (Lipinski definition) is 4. The zero-order valence-electron chi connectivity index (χ0n) is 16.0. The molecule has 0 bridgehead atoms. The number of carbonyl (C=O) groups is 2. The van der Waals surface area contributed by atoms with E-state index < -0.39 is 0 Å². The Bertz CT molecular complexity index is 1140. The van der Waals surface area contributed by atoms with E-state index in [1.807, 2.05) is 67.8 Å². The van der Waals surface area contributed by atoms with Crippen molar-refractivity contribution in [3.63, 3.8) is 0 Å². The van der Waals surface area contributed by atoms with Crippen molar-refractivity contribution >= 4 is 46.0 Å². The van der Waals surface area contributed by atoms with E-state index in [1.165, 1.54) is 16.2 Å². The molecule has 0 aliphatic carbocycles. The molecule has 2 amide bonds. The van der Waals surface area contributed by atoms with Gasteiger partial charge in [-0.15, -0.1) is 11.3 Å². The molecule has 0 radical (unpaired) electrons. The average molecular weight is 423 g/mol. The Morgan fingerprint density at radius 1 is 1.00 bits per heavy atom. The number of amides is 2. The van der Waals surface area contributed by atoms with Crippen LogP contribution >= 0.6 is 22.9 Å². The minimum atomic E-state index is -0.348. The number of benzene rings is 2. The molecule has 29 heavy (non-hydrogen) atoms. The van der Waals surface area contributed by atoms with E-state index in [-0.39, 0.29) is 18.4 Å². The lowest BCUT2D eigenvalue weighted by molar-refractivity contribution is -0.137. The third-order valence-electron chi connectivity index (χ3n) is 4.87. The Morgan fingerprint density at radius 2 is 1.79 bits per heavy atom. The summed E-state index contributed by atoms with van der Waals surface area (Å²) in [7, 11) is 0. The van der Waals surface area contributed by atoms with Gasteiger partial charge in [-0.1, -0.05) is 48.0 Å². The Morgan fingerprint density at radius 3 is 2.52 bits per heavy atom. The van der Waals surface area contributed by atoms with E-state index in [1.54, 1.807) is 6.07 Å². The molecule has 0 unspecified atom stereocenters. The maximum atomic E-state index is 13.3. The van der Waals surface area contributed by atoms with Gasteiger partial charge in [0.05, 0.1) is 12.1 Å². The van der Waals surface area contributed by atoms with Crippen LogP contribution in [0.1, 0.15) is 21.6 Å². The van der Waals surface area contributed by atoms with Crippen LogP contribution in [0.15, 0.2) is 65.7 Å². The molecule has 1 aliphatic heterocycles. The van der Waals surface area contributed by atoms with Gasteiger partial charge in [-0.3, -0.25) is 14.5 Å². The first kappa shape index (κ1) is 19.4. The molecule has 0 saturated heterocycles. The van der Waals surface area contributed by atoms with E-state index in [9.17, 15) is 9.59 Å². The normalized spacial score (nSPS) is 14.1. The van der Waals surface area contributed by atoms with Gasteiger partial charge < -0.3 is 5.32 Å². The fourth-order valence-electron chi connectivity index (χ4n) is 3.29. The third-order valence-corrected chi connectivity index (χ3v) is 6.13. The highest BCUT2D eigenvalue weighted by Gasteiger charge is 2.40. The molecular weight excluding hydrogens is 404 g/mol. The van der Waals surface area contributed by atoms with Crippen molar-refractivity contribution in [1.82, 2.24) is 4.90 Å². The summed E-state index contributed by atoms with van der Waals surface area (Å²) in [5.41, 5.74) is 4.32. The van der Waals surface area contributed by atoms with Crippen molar-refractivity contribution < 1.29 is 9.59 Å². The molecule has 1 N–H and O–H groups in total.